The summed E-state index contributed by atoms with van der Waals surface area (Å²) >= 11 is 0. The zero-order chi connectivity index (χ0) is 10.4. The molecule has 1 atom stereocenters. The van der Waals surface area contributed by atoms with Gasteiger partial charge >= 0.3 is 0 Å². The van der Waals surface area contributed by atoms with Gasteiger partial charge in [0.15, 0.2) is 0 Å². The fraction of sp³-hybridized carbons (Fsp3) is 0.286. The summed E-state index contributed by atoms with van der Waals surface area (Å²) in [5, 5.41) is 0. The molecule has 0 saturated carbocycles. The Hall–Kier alpha value is -1.30. The van der Waals surface area contributed by atoms with E-state index in [0.717, 1.165) is 6.42 Å². The molecule has 0 bridgehead atoms. The van der Waals surface area contributed by atoms with E-state index in [1.165, 1.54) is 11.1 Å². The molecule has 14 heavy (non-hydrogen) atoms. The lowest BCUT2D eigenvalue weighted by molar-refractivity contribution is 0.863. The maximum atomic E-state index is 3.93. The molecule has 0 heterocycles. The second-order valence-corrected chi connectivity index (χ2v) is 3.75. The van der Waals surface area contributed by atoms with Crippen molar-refractivity contribution >= 4 is 0 Å². The van der Waals surface area contributed by atoms with E-state index < -0.39 is 0 Å². The fourth-order valence-corrected chi connectivity index (χ4v) is 1.19. The van der Waals surface area contributed by atoms with E-state index in [1.54, 1.807) is 0 Å². The van der Waals surface area contributed by atoms with Gasteiger partial charge in [0, 0.05) is 0 Å². The van der Waals surface area contributed by atoms with Gasteiger partial charge < -0.3 is 0 Å². The second-order valence-electron chi connectivity index (χ2n) is 3.75. The molecule has 0 saturated heterocycles. The highest BCUT2D eigenvalue weighted by Gasteiger charge is 1.94. The zero-order valence-corrected chi connectivity index (χ0v) is 9.03. The van der Waals surface area contributed by atoms with Crippen molar-refractivity contribution in [2.45, 2.75) is 20.3 Å². The average molecular weight is 186 g/mol. The van der Waals surface area contributed by atoms with Gasteiger partial charge in [0.25, 0.3) is 0 Å². The predicted molar refractivity (Wildman–Crippen MR) is 63.3 cm³/mol. The Kier molecular flexibility index (Phi) is 4.18. The maximum absolute atomic E-state index is 3.93. The van der Waals surface area contributed by atoms with Gasteiger partial charge in [-0.25, -0.2) is 0 Å². The first-order chi connectivity index (χ1) is 6.70. The molecule has 0 aliphatic rings. The summed E-state index contributed by atoms with van der Waals surface area (Å²) in [5.41, 5.74) is 2.58. The molecule has 1 aromatic rings. The Bertz CT molecular complexity index is 306. The number of hydrogen-bond donors (Lipinski definition) is 0. The lowest BCUT2D eigenvalue weighted by Crippen LogP contribution is -1.89. The van der Waals surface area contributed by atoms with Crippen LogP contribution in [0.15, 0.2) is 54.6 Å². The van der Waals surface area contributed by atoms with E-state index in [9.17, 15) is 0 Å². The van der Waals surface area contributed by atoms with Crippen molar-refractivity contribution in [3.05, 3.63) is 60.2 Å². The van der Waals surface area contributed by atoms with Gasteiger partial charge in [-0.3, -0.25) is 0 Å². The van der Waals surface area contributed by atoms with Gasteiger partial charge in [0.05, 0.1) is 0 Å². The second kappa shape index (κ2) is 5.43. The first-order valence-electron chi connectivity index (χ1n) is 5.06. The Balaban J connectivity index is 2.45. The van der Waals surface area contributed by atoms with Crippen LogP contribution in [0.25, 0.3) is 0 Å². The van der Waals surface area contributed by atoms with E-state index in [0.29, 0.717) is 5.92 Å². The third-order valence-corrected chi connectivity index (χ3v) is 2.40. The molecule has 0 heteroatoms. The summed E-state index contributed by atoms with van der Waals surface area (Å²) in [5.74, 6) is 0.485. The lowest BCUT2D eigenvalue weighted by atomic mass is 10.0. The molecular weight excluding hydrogens is 168 g/mol. The van der Waals surface area contributed by atoms with Crippen LogP contribution < -0.4 is 0 Å². The van der Waals surface area contributed by atoms with Crippen molar-refractivity contribution in [1.29, 1.82) is 0 Å². The van der Waals surface area contributed by atoms with Crippen molar-refractivity contribution in [3.63, 3.8) is 0 Å². The van der Waals surface area contributed by atoms with Crippen LogP contribution in [0.2, 0.25) is 0 Å². The first kappa shape index (κ1) is 10.8. The van der Waals surface area contributed by atoms with E-state index in [2.05, 4.69) is 56.8 Å². The van der Waals surface area contributed by atoms with Gasteiger partial charge in [0.1, 0.15) is 0 Å². The van der Waals surface area contributed by atoms with Crippen LogP contribution >= 0.6 is 0 Å². The standard InChI is InChI=1S/C14H18/c1-12(2)13(3)8-7-11-14-9-5-4-6-10-14/h4-10,13H,1,11H2,2-3H3/b8-7+/t13-/m0/s1. The van der Waals surface area contributed by atoms with E-state index in [4.69, 9.17) is 0 Å². The smallest absolute Gasteiger partial charge is 0.00570 e. The van der Waals surface area contributed by atoms with Gasteiger partial charge in [0.2, 0.25) is 0 Å². The molecule has 0 amide bonds. The average Bonchev–Trinajstić information content (AvgIpc) is 2.19. The molecule has 74 valence electrons. The van der Waals surface area contributed by atoms with Gasteiger partial charge in [-0.2, -0.15) is 0 Å². The van der Waals surface area contributed by atoms with Crippen molar-refractivity contribution < 1.29 is 0 Å². The summed E-state index contributed by atoms with van der Waals surface area (Å²) in [7, 11) is 0. The predicted octanol–water partition coefficient (Wildman–Crippen LogP) is 4.00. The minimum Gasteiger partial charge on any atom is -0.0996 e. The number of rotatable bonds is 4. The molecule has 0 radical (unpaired) electrons. The van der Waals surface area contributed by atoms with Gasteiger partial charge in [-0.15, -0.1) is 0 Å². The van der Waals surface area contributed by atoms with Crippen LogP contribution in [0.4, 0.5) is 0 Å². The van der Waals surface area contributed by atoms with Crippen molar-refractivity contribution in [2.75, 3.05) is 0 Å². The number of benzene rings is 1. The molecule has 1 rings (SSSR count). The van der Waals surface area contributed by atoms with Gasteiger partial charge in [-0.05, 0) is 24.8 Å². The van der Waals surface area contributed by atoms with Gasteiger partial charge in [-0.1, -0.05) is 61.6 Å². The SMILES string of the molecule is C=C(C)[C@@H](C)/C=C/Cc1ccccc1. The molecule has 0 aromatic heterocycles. The Morgan fingerprint density at radius 2 is 2.00 bits per heavy atom. The third kappa shape index (κ3) is 3.61. The maximum Gasteiger partial charge on any atom is -0.00570 e. The third-order valence-electron chi connectivity index (χ3n) is 2.40. The summed E-state index contributed by atoms with van der Waals surface area (Å²) < 4.78 is 0. The molecule has 0 aliphatic heterocycles. The number of allylic oxidation sites excluding steroid dienone is 3. The number of hydrogen-bond acceptors (Lipinski definition) is 0. The highest BCUT2D eigenvalue weighted by atomic mass is 14.0. The van der Waals surface area contributed by atoms with Crippen molar-refractivity contribution in [3.8, 4) is 0 Å². The summed E-state index contributed by atoms with van der Waals surface area (Å²) in [6.45, 7) is 8.17. The van der Waals surface area contributed by atoms with Crippen molar-refractivity contribution in [2.24, 2.45) is 5.92 Å². The van der Waals surface area contributed by atoms with E-state index >= 15 is 0 Å². The van der Waals surface area contributed by atoms with Crippen molar-refractivity contribution in [1.82, 2.24) is 0 Å². The van der Waals surface area contributed by atoms with Crippen LogP contribution in [0.3, 0.4) is 0 Å². The first-order valence-corrected chi connectivity index (χ1v) is 5.06. The van der Waals surface area contributed by atoms with Crippen LogP contribution in [-0.2, 0) is 6.42 Å². The summed E-state index contributed by atoms with van der Waals surface area (Å²) in [6, 6.07) is 10.5. The zero-order valence-electron chi connectivity index (χ0n) is 9.03. The molecular formula is C14H18. The van der Waals surface area contributed by atoms with Crippen LogP contribution in [0.5, 0.6) is 0 Å². The van der Waals surface area contributed by atoms with Crippen LogP contribution in [-0.4, -0.2) is 0 Å². The molecule has 0 aliphatic carbocycles. The Labute approximate surface area is 87.0 Å². The molecule has 0 fully saturated rings. The highest BCUT2D eigenvalue weighted by molar-refractivity contribution is 5.18. The topological polar surface area (TPSA) is 0 Å². The van der Waals surface area contributed by atoms with Crippen LogP contribution in [0.1, 0.15) is 19.4 Å². The minimum atomic E-state index is 0.485. The molecule has 0 N–H and O–H groups in total. The normalized spacial score (nSPS) is 13.0. The molecule has 0 unspecified atom stereocenters. The Morgan fingerprint density at radius 3 is 2.57 bits per heavy atom. The summed E-state index contributed by atoms with van der Waals surface area (Å²) in [4.78, 5) is 0. The molecule has 0 nitrogen and oxygen atoms in total. The lowest BCUT2D eigenvalue weighted by Gasteiger charge is -2.03. The Morgan fingerprint density at radius 1 is 1.36 bits per heavy atom. The monoisotopic (exact) mass is 186 g/mol. The quantitative estimate of drug-likeness (QED) is 0.623. The largest absolute Gasteiger partial charge is 0.0996 e. The molecule has 0 spiro atoms. The van der Waals surface area contributed by atoms with E-state index in [1.807, 2.05) is 6.07 Å². The highest BCUT2D eigenvalue weighted by Crippen LogP contribution is 2.09. The van der Waals surface area contributed by atoms with E-state index in [-0.39, 0.29) is 0 Å². The molecule has 1 aromatic carbocycles. The summed E-state index contributed by atoms with van der Waals surface area (Å²) in [6.07, 6.45) is 5.45. The minimum absolute atomic E-state index is 0.485. The fourth-order valence-electron chi connectivity index (χ4n) is 1.19. The van der Waals surface area contributed by atoms with Crippen LogP contribution in [0, 0.1) is 5.92 Å².